The van der Waals surface area contributed by atoms with Gasteiger partial charge >= 0.3 is 0 Å². The minimum Gasteiger partial charge on any atom is -0.391 e. The Morgan fingerprint density at radius 3 is 2.46 bits per heavy atom. The summed E-state index contributed by atoms with van der Waals surface area (Å²) in [6, 6.07) is 0. The molecule has 2 amide bonds. The van der Waals surface area contributed by atoms with Crippen molar-refractivity contribution in [1.82, 2.24) is 10.6 Å². The van der Waals surface area contributed by atoms with Crippen molar-refractivity contribution in [1.29, 1.82) is 0 Å². The summed E-state index contributed by atoms with van der Waals surface area (Å²) in [6.07, 6.45) is 0.0849. The van der Waals surface area contributed by atoms with Crippen LogP contribution in [0.4, 0.5) is 0 Å². The molecule has 0 spiro atoms. The van der Waals surface area contributed by atoms with E-state index in [9.17, 15) is 9.59 Å². The van der Waals surface area contributed by atoms with Crippen molar-refractivity contribution in [3.05, 3.63) is 0 Å². The molecule has 3 N–H and O–H groups in total. The van der Waals surface area contributed by atoms with Gasteiger partial charge in [-0.25, -0.2) is 0 Å². The third-order valence-corrected chi connectivity index (χ3v) is 1.50. The molecule has 1 atom stereocenters. The quantitative estimate of drug-likeness (QED) is 0.518. The van der Waals surface area contributed by atoms with Crippen LogP contribution >= 0.6 is 0 Å². The fourth-order valence-electron chi connectivity index (χ4n) is 0.643. The van der Waals surface area contributed by atoms with E-state index < -0.39 is 6.10 Å². The van der Waals surface area contributed by atoms with Gasteiger partial charge in [-0.15, -0.1) is 0 Å². The lowest BCUT2D eigenvalue weighted by molar-refractivity contribution is -0.125. The Balaban J connectivity index is 3.46. The van der Waals surface area contributed by atoms with Gasteiger partial charge in [-0.05, 0) is 6.42 Å². The molecule has 0 aromatic rings. The van der Waals surface area contributed by atoms with Gasteiger partial charge in [0.1, 0.15) is 0 Å². The Morgan fingerprint density at radius 2 is 2.00 bits per heavy atom. The Hall–Kier alpha value is -1.10. The molecule has 0 aliphatic rings. The molecule has 5 nitrogen and oxygen atoms in total. The molecule has 5 heteroatoms. The number of nitrogens with one attached hydrogen (secondary N) is 2. The van der Waals surface area contributed by atoms with Crippen LogP contribution in [-0.4, -0.2) is 36.1 Å². The van der Waals surface area contributed by atoms with Crippen LogP contribution in [0, 0.1) is 0 Å². The van der Waals surface area contributed by atoms with E-state index in [-0.39, 0.29) is 24.9 Å². The van der Waals surface area contributed by atoms with Crippen molar-refractivity contribution in [3.8, 4) is 0 Å². The molecule has 0 radical (unpaired) electrons. The number of rotatable bonds is 5. The minimum atomic E-state index is -0.513. The van der Waals surface area contributed by atoms with E-state index in [2.05, 4.69) is 10.6 Å². The molecule has 76 valence electrons. The highest BCUT2D eigenvalue weighted by Gasteiger charge is 2.04. The van der Waals surface area contributed by atoms with Crippen LogP contribution in [0.2, 0.25) is 0 Å². The Bertz CT molecular complexity index is 182. The molecule has 0 rings (SSSR count). The second-order valence-electron chi connectivity index (χ2n) is 2.78. The number of hydrogen-bond donors (Lipinski definition) is 3. The van der Waals surface area contributed by atoms with Crippen LogP contribution < -0.4 is 10.6 Å². The first-order valence-electron chi connectivity index (χ1n) is 4.25. The van der Waals surface area contributed by atoms with Crippen molar-refractivity contribution in [2.24, 2.45) is 0 Å². The van der Waals surface area contributed by atoms with Crippen LogP contribution in [0.3, 0.4) is 0 Å². The lowest BCUT2D eigenvalue weighted by atomic mass is 10.3. The highest BCUT2D eigenvalue weighted by atomic mass is 16.3. The molecule has 13 heavy (non-hydrogen) atoms. The zero-order valence-corrected chi connectivity index (χ0v) is 7.96. The van der Waals surface area contributed by atoms with Gasteiger partial charge in [-0.2, -0.15) is 0 Å². The lowest BCUT2D eigenvalue weighted by Crippen LogP contribution is -2.39. The molecular weight excluding hydrogens is 172 g/mol. The minimum absolute atomic E-state index is 0.0359. The summed E-state index contributed by atoms with van der Waals surface area (Å²) in [6.45, 7) is 3.36. The Morgan fingerprint density at radius 1 is 1.38 bits per heavy atom. The smallest absolute Gasteiger partial charge is 0.239 e. The number of amides is 2. The summed E-state index contributed by atoms with van der Waals surface area (Å²) < 4.78 is 0. The molecule has 1 unspecified atom stereocenters. The number of aliphatic hydroxyl groups is 1. The van der Waals surface area contributed by atoms with Gasteiger partial charge < -0.3 is 15.7 Å². The molecule has 0 aliphatic heterocycles. The number of aliphatic hydroxyl groups excluding tert-OH is 1. The van der Waals surface area contributed by atoms with E-state index in [0.29, 0.717) is 6.42 Å². The highest BCUT2D eigenvalue weighted by molar-refractivity contribution is 5.83. The summed E-state index contributed by atoms with van der Waals surface area (Å²) in [5.41, 5.74) is 0. The van der Waals surface area contributed by atoms with Crippen molar-refractivity contribution < 1.29 is 14.7 Å². The third kappa shape index (κ3) is 7.27. The second kappa shape index (κ2) is 6.42. The number of carbonyl (C=O) groups is 2. The maximum Gasteiger partial charge on any atom is 0.239 e. The predicted octanol–water partition coefficient (Wildman–Crippen LogP) is -0.990. The van der Waals surface area contributed by atoms with Gasteiger partial charge in [0.25, 0.3) is 0 Å². The average Bonchev–Trinajstić information content (AvgIpc) is 2.10. The molecule has 0 aromatic carbocycles. The highest BCUT2D eigenvalue weighted by Crippen LogP contribution is 1.85. The van der Waals surface area contributed by atoms with E-state index in [1.54, 1.807) is 0 Å². The summed E-state index contributed by atoms with van der Waals surface area (Å²) in [7, 11) is 0. The summed E-state index contributed by atoms with van der Waals surface area (Å²) >= 11 is 0. The van der Waals surface area contributed by atoms with Crippen molar-refractivity contribution >= 4 is 11.8 Å². The topological polar surface area (TPSA) is 78.4 Å². The van der Waals surface area contributed by atoms with Gasteiger partial charge in [0, 0.05) is 13.5 Å². The van der Waals surface area contributed by atoms with Gasteiger partial charge in [0.15, 0.2) is 0 Å². The molecule has 0 bridgehead atoms. The van der Waals surface area contributed by atoms with E-state index in [1.807, 2.05) is 6.92 Å². The van der Waals surface area contributed by atoms with E-state index in [1.165, 1.54) is 6.92 Å². The van der Waals surface area contributed by atoms with E-state index in [0.717, 1.165) is 0 Å². The monoisotopic (exact) mass is 188 g/mol. The standard InChI is InChI=1S/C8H16N2O3/c1-3-7(12)4-10-8(13)5-9-6(2)11/h7,12H,3-5H2,1-2H3,(H,9,11)(H,10,13). The first-order valence-corrected chi connectivity index (χ1v) is 4.25. The maximum atomic E-state index is 10.9. The van der Waals surface area contributed by atoms with Crippen LogP contribution in [0.1, 0.15) is 20.3 Å². The van der Waals surface area contributed by atoms with Gasteiger partial charge in [0.05, 0.1) is 12.6 Å². The van der Waals surface area contributed by atoms with Crippen LogP contribution in [0.15, 0.2) is 0 Å². The van der Waals surface area contributed by atoms with Gasteiger partial charge in [-0.1, -0.05) is 6.92 Å². The van der Waals surface area contributed by atoms with Gasteiger partial charge in [0.2, 0.25) is 11.8 Å². The SMILES string of the molecule is CCC(O)CNC(=O)CNC(C)=O. The first-order chi connectivity index (χ1) is 6.06. The third-order valence-electron chi connectivity index (χ3n) is 1.50. The van der Waals surface area contributed by atoms with Crippen LogP contribution in [0.25, 0.3) is 0 Å². The van der Waals surface area contributed by atoms with Gasteiger partial charge in [-0.3, -0.25) is 9.59 Å². The number of hydrogen-bond acceptors (Lipinski definition) is 3. The second-order valence-corrected chi connectivity index (χ2v) is 2.78. The van der Waals surface area contributed by atoms with Crippen LogP contribution in [0.5, 0.6) is 0 Å². The normalized spacial score (nSPS) is 11.9. The number of carbonyl (C=O) groups excluding carboxylic acids is 2. The summed E-state index contributed by atoms with van der Waals surface area (Å²) in [4.78, 5) is 21.3. The zero-order chi connectivity index (χ0) is 10.3. The lowest BCUT2D eigenvalue weighted by Gasteiger charge is -2.09. The largest absolute Gasteiger partial charge is 0.391 e. The molecule has 0 heterocycles. The fraction of sp³-hybridized carbons (Fsp3) is 0.750. The van der Waals surface area contributed by atoms with Crippen LogP contribution in [-0.2, 0) is 9.59 Å². The predicted molar refractivity (Wildman–Crippen MR) is 48.0 cm³/mol. The zero-order valence-electron chi connectivity index (χ0n) is 7.96. The summed E-state index contributed by atoms with van der Waals surface area (Å²) in [5, 5.41) is 13.9. The van der Waals surface area contributed by atoms with E-state index in [4.69, 9.17) is 5.11 Å². The molecule has 0 saturated carbocycles. The summed E-state index contributed by atoms with van der Waals surface area (Å²) in [5.74, 6) is -0.533. The van der Waals surface area contributed by atoms with E-state index >= 15 is 0 Å². The fourth-order valence-corrected chi connectivity index (χ4v) is 0.643. The maximum absolute atomic E-state index is 10.9. The molecule has 0 saturated heterocycles. The molecular formula is C8H16N2O3. The van der Waals surface area contributed by atoms with Crippen molar-refractivity contribution in [2.45, 2.75) is 26.4 Å². The van der Waals surface area contributed by atoms with Crippen molar-refractivity contribution in [2.75, 3.05) is 13.1 Å². The van der Waals surface area contributed by atoms with Crippen molar-refractivity contribution in [3.63, 3.8) is 0 Å². The Labute approximate surface area is 77.5 Å². The average molecular weight is 188 g/mol. The Kier molecular flexibility index (Phi) is 5.88. The first kappa shape index (κ1) is 11.9. The molecule has 0 aromatic heterocycles. The molecule has 0 fully saturated rings. The molecule has 0 aliphatic carbocycles.